The Morgan fingerprint density at radius 1 is 1.17 bits per heavy atom. The molecule has 0 radical (unpaired) electrons. The molecule has 0 fully saturated rings. The Hall–Kier alpha value is -3.72. The molecule has 1 aliphatic rings. The van der Waals surface area contributed by atoms with Crippen LogP contribution >= 0.6 is 0 Å². The molecule has 2 N–H and O–H groups in total. The van der Waals surface area contributed by atoms with Crippen LogP contribution in [0.2, 0.25) is 0 Å². The number of hydrogen-bond donors (Lipinski definition) is 1. The zero-order valence-corrected chi connectivity index (χ0v) is 16.6. The molecule has 0 bridgehead atoms. The van der Waals surface area contributed by atoms with Crippen molar-refractivity contribution in [2.75, 3.05) is 6.61 Å². The highest BCUT2D eigenvalue weighted by molar-refractivity contribution is 5.92. The van der Waals surface area contributed by atoms with Crippen molar-refractivity contribution in [3.05, 3.63) is 82.4 Å². The van der Waals surface area contributed by atoms with Crippen LogP contribution < -0.4 is 10.5 Å². The summed E-state index contributed by atoms with van der Waals surface area (Å²) >= 11 is 0. The van der Waals surface area contributed by atoms with E-state index in [9.17, 15) is 10.1 Å². The SMILES string of the molecule is CCOC(=O)C1=C(C)OC(N)=C(C#N)C1c1ccc(Oc2cccc(C)c2)cc1. The van der Waals surface area contributed by atoms with Crippen molar-refractivity contribution in [2.45, 2.75) is 26.7 Å². The van der Waals surface area contributed by atoms with Crippen LogP contribution in [0.4, 0.5) is 0 Å². The summed E-state index contributed by atoms with van der Waals surface area (Å²) in [5.41, 5.74) is 8.17. The van der Waals surface area contributed by atoms with Crippen LogP contribution in [0.1, 0.15) is 30.9 Å². The topological polar surface area (TPSA) is 94.6 Å². The summed E-state index contributed by atoms with van der Waals surface area (Å²) < 4.78 is 16.5. The number of nitrogens with two attached hydrogens (primary N) is 1. The first-order valence-corrected chi connectivity index (χ1v) is 9.24. The van der Waals surface area contributed by atoms with Gasteiger partial charge in [0.2, 0.25) is 5.88 Å². The summed E-state index contributed by atoms with van der Waals surface area (Å²) in [5, 5.41) is 9.62. The minimum atomic E-state index is -0.666. The van der Waals surface area contributed by atoms with Gasteiger partial charge in [-0.2, -0.15) is 5.26 Å². The quantitative estimate of drug-likeness (QED) is 0.759. The monoisotopic (exact) mass is 390 g/mol. The molecule has 0 aliphatic carbocycles. The zero-order chi connectivity index (χ0) is 21.0. The van der Waals surface area contributed by atoms with E-state index in [1.165, 1.54) is 0 Å². The van der Waals surface area contributed by atoms with Gasteiger partial charge in [-0.05, 0) is 56.2 Å². The van der Waals surface area contributed by atoms with E-state index in [4.69, 9.17) is 19.9 Å². The minimum Gasteiger partial charge on any atom is -0.463 e. The minimum absolute atomic E-state index is 0.0110. The number of allylic oxidation sites excluding steroid dienone is 2. The fourth-order valence-electron chi connectivity index (χ4n) is 3.23. The van der Waals surface area contributed by atoms with Crippen LogP contribution in [0.25, 0.3) is 0 Å². The van der Waals surface area contributed by atoms with Gasteiger partial charge in [-0.3, -0.25) is 0 Å². The van der Waals surface area contributed by atoms with Crippen molar-refractivity contribution in [2.24, 2.45) is 5.73 Å². The maximum atomic E-state index is 12.5. The molecule has 3 rings (SSSR count). The molecule has 0 spiro atoms. The molecule has 29 heavy (non-hydrogen) atoms. The van der Waals surface area contributed by atoms with Gasteiger partial charge < -0.3 is 19.9 Å². The van der Waals surface area contributed by atoms with Crippen molar-refractivity contribution in [3.63, 3.8) is 0 Å². The van der Waals surface area contributed by atoms with Gasteiger partial charge in [0.1, 0.15) is 28.9 Å². The van der Waals surface area contributed by atoms with Gasteiger partial charge in [0.05, 0.1) is 18.1 Å². The molecule has 0 aromatic heterocycles. The molecular weight excluding hydrogens is 368 g/mol. The number of benzene rings is 2. The van der Waals surface area contributed by atoms with Gasteiger partial charge in [-0.1, -0.05) is 24.3 Å². The maximum Gasteiger partial charge on any atom is 0.338 e. The third-order valence-electron chi connectivity index (χ3n) is 4.54. The van der Waals surface area contributed by atoms with E-state index in [2.05, 4.69) is 6.07 Å². The van der Waals surface area contributed by atoms with Crippen LogP contribution in [0.5, 0.6) is 11.5 Å². The lowest BCUT2D eigenvalue weighted by molar-refractivity contribution is -0.139. The van der Waals surface area contributed by atoms with Gasteiger partial charge in [0, 0.05) is 0 Å². The van der Waals surface area contributed by atoms with E-state index >= 15 is 0 Å². The van der Waals surface area contributed by atoms with E-state index in [1.54, 1.807) is 38.1 Å². The number of aryl methyl sites for hydroxylation is 1. The largest absolute Gasteiger partial charge is 0.463 e. The number of esters is 1. The van der Waals surface area contributed by atoms with E-state index in [0.29, 0.717) is 17.1 Å². The fraction of sp³-hybridized carbons (Fsp3) is 0.217. The highest BCUT2D eigenvalue weighted by Gasteiger charge is 2.36. The number of hydrogen-bond acceptors (Lipinski definition) is 6. The fourth-order valence-corrected chi connectivity index (χ4v) is 3.23. The second-order valence-corrected chi connectivity index (χ2v) is 6.60. The Morgan fingerprint density at radius 3 is 2.52 bits per heavy atom. The smallest absolute Gasteiger partial charge is 0.338 e. The molecule has 2 aromatic rings. The van der Waals surface area contributed by atoms with Gasteiger partial charge in [0.25, 0.3) is 0 Å². The molecule has 0 saturated heterocycles. The number of rotatable bonds is 5. The third-order valence-corrected chi connectivity index (χ3v) is 4.54. The molecule has 6 heteroatoms. The van der Waals surface area contributed by atoms with Crippen LogP contribution in [0, 0.1) is 18.3 Å². The molecule has 0 amide bonds. The van der Waals surface area contributed by atoms with Gasteiger partial charge in [-0.25, -0.2) is 4.79 Å². The molecular formula is C23H22N2O4. The summed E-state index contributed by atoms with van der Waals surface area (Å²) in [6, 6.07) is 17.0. The van der Waals surface area contributed by atoms with Crippen molar-refractivity contribution in [1.29, 1.82) is 5.26 Å². The number of nitriles is 1. The zero-order valence-electron chi connectivity index (χ0n) is 16.6. The molecule has 1 atom stereocenters. The van der Waals surface area contributed by atoms with Crippen molar-refractivity contribution >= 4 is 5.97 Å². The van der Waals surface area contributed by atoms with Crippen LogP contribution in [0.15, 0.2) is 71.3 Å². The summed E-state index contributed by atoms with van der Waals surface area (Å²) in [6.07, 6.45) is 0. The standard InChI is InChI=1S/C23H22N2O4/c1-4-27-23(26)20-15(3)28-22(25)19(13-24)21(20)16-8-10-17(11-9-16)29-18-7-5-6-14(2)12-18/h5-12,21H,4,25H2,1-3H3. The first kappa shape index (κ1) is 20.0. The summed E-state index contributed by atoms with van der Waals surface area (Å²) in [6.45, 7) is 5.56. The predicted molar refractivity (Wildman–Crippen MR) is 108 cm³/mol. The lowest BCUT2D eigenvalue weighted by atomic mass is 9.83. The molecule has 2 aromatic carbocycles. The number of carbonyl (C=O) groups excluding carboxylic acids is 1. The molecule has 1 heterocycles. The Bertz CT molecular complexity index is 1030. The summed E-state index contributed by atoms with van der Waals surface area (Å²) in [4.78, 5) is 12.5. The van der Waals surface area contributed by atoms with Crippen LogP contribution in [-0.4, -0.2) is 12.6 Å². The molecule has 148 valence electrons. The first-order valence-electron chi connectivity index (χ1n) is 9.24. The molecule has 0 saturated carbocycles. The van der Waals surface area contributed by atoms with Crippen molar-refractivity contribution < 1.29 is 19.0 Å². The second kappa shape index (κ2) is 8.53. The van der Waals surface area contributed by atoms with Crippen molar-refractivity contribution in [3.8, 4) is 17.6 Å². The molecule has 1 aliphatic heterocycles. The maximum absolute atomic E-state index is 12.5. The molecule has 1 unspecified atom stereocenters. The number of ether oxygens (including phenoxy) is 3. The summed E-state index contributed by atoms with van der Waals surface area (Å²) in [5.74, 6) is 0.484. The lowest BCUT2D eigenvalue weighted by Gasteiger charge is -2.26. The predicted octanol–water partition coefficient (Wildman–Crippen LogP) is 4.43. The molecule has 6 nitrogen and oxygen atoms in total. The average molecular weight is 390 g/mol. The second-order valence-electron chi connectivity index (χ2n) is 6.60. The van der Waals surface area contributed by atoms with Gasteiger partial charge >= 0.3 is 5.97 Å². The number of nitrogens with zero attached hydrogens (tertiary/aromatic N) is 1. The highest BCUT2D eigenvalue weighted by atomic mass is 16.5. The van der Waals surface area contributed by atoms with Crippen molar-refractivity contribution in [1.82, 2.24) is 0 Å². The summed E-state index contributed by atoms with van der Waals surface area (Å²) in [7, 11) is 0. The van der Waals surface area contributed by atoms with Gasteiger partial charge in [-0.15, -0.1) is 0 Å². The van der Waals surface area contributed by atoms with E-state index in [-0.39, 0.29) is 23.6 Å². The van der Waals surface area contributed by atoms with E-state index in [1.807, 2.05) is 31.2 Å². The Morgan fingerprint density at radius 2 is 1.90 bits per heavy atom. The van der Waals surface area contributed by atoms with Crippen LogP contribution in [-0.2, 0) is 14.3 Å². The Balaban J connectivity index is 1.95. The van der Waals surface area contributed by atoms with Crippen LogP contribution in [0.3, 0.4) is 0 Å². The lowest BCUT2D eigenvalue weighted by Crippen LogP contribution is -2.25. The normalized spacial score (nSPS) is 16.1. The third kappa shape index (κ3) is 4.25. The number of carbonyl (C=O) groups is 1. The first-order chi connectivity index (χ1) is 13.9. The van der Waals surface area contributed by atoms with Gasteiger partial charge in [0.15, 0.2) is 0 Å². The highest BCUT2D eigenvalue weighted by Crippen LogP contribution is 2.40. The Kier molecular flexibility index (Phi) is 5.89. The Labute approximate surface area is 169 Å². The van der Waals surface area contributed by atoms with E-state index in [0.717, 1.165) is 11.3 Å². The average Bonchev–Trinajstić information content (AvgIpc) is 2.68. The van der Waals surface area contributed by atoms with E-state index < -0.39 is 11.9 Å².